The molecule has 2 unspecified atom stereocenters. The smallest absolute Gasteiger partial charge is 0.244 e. The van der Waals surface area contributed by atoms with E-state index in [9.17, 15) is 8.42 Å². The minimum atomic E-state index is -3.50. The Morgan fingerprint density at radius 3 is 2.52 bits per heavy atom. The van der Waals surface area contributed by atoms with Crippen LogP contribution in [0.1, 0.15) is 27.2 Å². The molecule has 0 bridgehead atoms. The van der Waals surface area contributed by atoms with E-state index in [0.717, 1.165) is 13.0 Å². The van der Waals surface area contributed by atoms with Gasteiger partial charge in [-0.15, -0.1) is 0 Å². The van der Waals surface area contributed by atoms with E-state index >= 15 is 0 Å². The fraction of sp³-hybridized carbons (Fsp3) is 0.643. The number of morpholine rings is 1. The topological polar surface area (TPSA) is 71.5 Å². The van der Waals surface area contributed by atoms with Gasteiger partial charge in [-0.1, -0.05) is 6.92 Å². The molecule has 1 aromatic rings. The van der Waals surface area contributed by atoms with Crippen LogP contribution in [0.2, 0.25) is 0 Å². The van der Waals surface area contributed by atoms with Crippen LogP contribution < -0.4 is 5.32 Å². The highest BCUT2D eigenvalue weighted by Crippen LogP contribution is 2.21. The molecule has 1 aliphatic heterocycles. The standard InChI is InChI=1S/C14H23N3O3S/c1-4-7-15-14-6-5-13(8-16-14)21(18,19)17-9-11(2)20-12(3)10-17/h5-6,8,11-12H,4,7,9-10H2,1-3H3,(H,15,16). The van der Waals surface area contributed by atoms with Gasteiger partial charge in [-0.3, -0.25) is 0 Å². The molecule has 1 fully saturated rings. The quantitative estimate of drug-likeness (QED) is 0.896. The van der Waals surface area contributed by atoms with E-state index in [1.165, 1.54) is 10.5 Å². The normalized spacial score (nSPS) is 24.0. The number of hydrogen-bond acceptors (Lipinski definition) is 5. The predicted molar refractivity (Wildman–Crippen MR) is 81.8 cm³/mol. The van der Waals surface area contributed by atoms with Crippen molar-refractivity contribution in [2.24, 2.45) is 0 Å². The van der Waals surface area contributed by atoms with E-state index in [1.807, 2.05) is 13.8 Å². The van der Waals surface area contributed by atoms with Gasteiger partial charge in [0.15, 0.2) is 0 Å². The highest BCUT2D eigenvalue weighted by atomic mass is 32.2. The summed E-state index contributed by atoms with van der Waals surface area (Å²) in [4.78, 5) is 4.39. The fourth-order valence-corrected chi connectivity index (χ4v) is 3.90. The molecule has 7 heteroatoms. The van der Waals surface area contributed by atoms with E-state index < -0.39 is 10.0 Å². The van der Waals surface area contributed by atoms with Gasteiger partial charge >= 0.3 is 0 Å². The fourth-order valence-electron chi connectivity index (χ4n) is 2.37. The number of sulfonamides is 1. The van der Waals surface area contributed by atoms with E-state index in [4.69, 9.17) is 4.74 Å². The lowest BCUT2D eigenvalue weighted by molar-refractivity contribution is -0.0440. The minimum absolute atomic E-state index is 0.0954. The number of anilines is 1. The van der Waals surface area contributed by atoms with Crippen LogP contribution in [0.5, 0.6) is 0 Å². The van der Waals surface area contributed by atoms with Crippen LogP contribution in [0.3, 0.4) is 0 Å². The second-order valence-corrected chi connectivity index (χ2v) is 7.32. The number of nitrogens with one attached hydrogen (secondary N) is 1. The molecule has 2 rings (SSSR count). The summed E-state index contributed by atoms with van der Waals surface area (Å²) in [6.07, 6.45) is 2.22. The maximum absolute atomic E-state index is 12.6. The average Bonchev–Trinajstić information content (AvgIpc) is 2.44. The summed E-state index contributed by atoms with van der Waals surface area (Å²) < 4.78 is 32.3. The summed E-state index contributed by atoms with van der Waals surface area (Å²) in [7, 11) is -3.50. The van der Waals surface area contributed by atoms with Crippen LogP contribution in [0.15, 0.2) is 23.2 Å². The van der Waals surface area contributed by atoms with E-state index in [1.54, 1.807) is 12.1 Å². The van der Waals surface area contributed by atoms with Crippen LogP contribution in [-0.2, 0) is 14.8 Å². The van der Waals surface area contributed by atoms with Crippen LogP contribution in [0, 0.1) is 0 Å². The molecule has 0 saturated carbocycles. The zero-order chi connectivity index (χ0) is 15.5. The van der Waals surface area contributed by atoms with Gasteiger partial charge in [0.25, 0.3) is 0 Å². The molecule has 2 atom stereocenters. The maximum atomic E-state index is 12.6. The lowest BCUT2D eigenvalue weighted by Gasteiger charge is -2.34. The molecule has 0 aromatic carbocycles. The van der Waals surface area contributed by atoms with Crippen LogP contribution in [0.4, 0.5) is 5.82 Å². The van der Waals surface area contributed by atoms with Gasteiger partial charge in [-0.25, -0.2) is 13.4 Å². The second kappa shape index (κ2) is 6.72. The molecule has 6 nitrogen and oxygen atoms in total. The first kappa shape index (κ1) is 16.2. The highest BCUT2D eigenvalue weighted by molar-refractivity contribution is 7.89. The molecule has 0 aliphatic carbocycles. The number of aromatic nitrogens is 1. The Morgan fingerprint density at radius 1 is 1.33 bits per heavy atom. The lowest BCUT2D eigenvalue weighted by Crippen LogP contribution is -2.48. The first-order valence-corrected chi connectivity index (χ1v) is 8.73. The molecule has 1 N–H and O–H groups in total. The molecule has 2 heterocycles. The third kappa shape index (κ3) is 3.93. The largest absolute Gasteiger partial charge is 0.373 e. The van der Waals surface area contributed by atoms with Crippen molar-refractivity contribution in [1.82, 2.24) is 9.29 Å². The Labute approximate surface area is 126 Å². The lowest BCUT2D eigenvalue weighted by atomic mass is 10.3. The van der Waals surface area contributed by atoms with Crippen molar-refractivity contribution in [3.05, 3.63) is 18.3 Å². The van der Waals surface area contributed by atoms with Crippen molar-refractivity contribution in [2.45, 2.75) is 44.3 Å². The summed E-state index contributed by atoms with van der Waals surface area (Å²) in [5.41, 5.74) is 0. The van der Waals surface area contributed by atoms with Crippen molar-refractivity contribution in [3.8, 4) is 0 Å². The molecule has 0 spiro atoms. The van der Waals surface area contributed by atoms with Crippen molar-refractivity contribution >= 4 is 15.8 Å². The molecule has 118 valence electrons. The number of nitrogens with zero attached hydrogens (tertiary/aromatic N) is 2. The third-order valence-electron chi connectivity index (χ3n) is 3.32. The van der Waals surface area contributed by atoms with E-state index in [0.29, 0.717) is 18.9 Å². The number of ether oxygens (including phenoxy) is 1. The predicted octanol–water partition coefficient (Wildman–Crippen LogP) is 1.70. The van der Waals surface area contributed by atoms with E-state index in [-0.39, 0.29) is 17.1 Å². The van der Waals surface area contributed by atoms with Gasteiger partial charge < -0.3 is 10.1 Å². The molecule has 0 radical (unpaired) electrons. The maximum Gasteiger partial charge on any atom is 0.244 e. The summed E-state index contributed by atoms with van der Waals surface area (Å²) in [5, 5.41) is 3.13. The summed E-state index contributed by atoms with van der Waals surface area (Å²) in [5.74, 6) is 0.694. The monoisotopic (exact) mass is 313 g/mol. The van der Waals surface area contributed by atoms with Gasteiger partial charge in [-0.2, -0.15) is 4.31 Å². The SMILES string of the molecule is CCCNc1ccc(S(=O)(=O)N2CC(C)OC(C)C2)cn1. The summed E-state index contributed by atoms with van der Waals surface area (Å²) in [6.45, 7) is 7.40. The van der Waals surface area contributed by atoms with E-state index in [2.05, 4.69) is 17.2 Å². The van der Waals surface area contributed by atoms with Crippen LogP contribution >= 0.6 is 0 Å². The molecular weight excluding hydrogens is 290 g/mol. The second-order valence-electron chi connectivity index (χ2n) is 5.39. The molecule has 0 amide bonds. The van der Waals surface area contributed by atoms with Crippen molar-refractivity contribution in [2.75, 3.05) is 25.0 Å². The van der Waals surface area contributed by atoms with Gasteiger partial charge in [0.2, 0.25) is 10.0 Å². The minimum Gasteiger partial charge on any atom is -0.373 e. The Morgan fingerprint density at radius 2 is 2.00 bits per heavy atom. The molecule has 21 heavy (non-hydrogen) atoms. The molecule has 1 aromatic heterocycles. The zero-order valence-electron chi connectivity index (χ0n) is 12.7. The first-order valence-electron chi connectivity index (χ1n) is 7.29. The average molecular weight is 313 g/mol. The van der Waals surface area contributed by atoms with Crippen molar-refractivity contribution in [1.29, 1.82) is 0 Å². The van der Waals surface area contributed by atoms with Crippen LogP contribution in [-0.4, -0.2) is 49.5 Å². The Kier molecular flexibility index (Phi) is 5.18. The molecular formula is C14H23N3O3S. The van der Waals surface area contributed by atoms with Crippen molar-refractivity contribution in [3.63, 3.8) is 0 Å². The van der Waals surface area contributed by atoms with Gasteiger partial charge in [0, 0.05) is 25.8 Å². The number of pyridine rings is 1. The first-order chi connectivity index (χ1) is 9.93. The van der Waals surface area contributed by atoms with Gasteiger partial charge in [0.05, 0.1) is 12.2 Å². The summed E-state index contributed by atoms with van der Waals surface area (Å²) >= 11 is 0. The Balaban J connectivity index is 2.15. The highest BCUT2D eigenvalue weighted by Gasteiger charge is 2.32. The third-order valence-corrected chi connectivity index (χ3v) is 5.13. The van der Waals surface area contributed by atoms with Crippen molar-refractivity contribution < 1.29 is 13.2 Å². The van der Waals surface area contributed by atoms with Gasteiger partial charge in [-0.05, 0) is 32.4 Å². The molecule has 1 aliphatic rings. The zero-order valence-corrected chi connectivity index (χ0v) is 13.6. The summed E-state index contributed by atoms with van der Waals surface area (Å²) in [6, 6.07) is 3.31. The molecule has 1 saturated heterocycles. The van der Waals surface area contributed by atoms with Gasteiger partial charge in [0.1, 0.15) is 10.7 Å². The number of rotatable bonds is 5. The van der Waals surface area contributed by atoms with Crippen LogP contribution in [0.25, 0.3) is 0 Å². The number of hydrogen-bond donors (Lipinski definition) is 1. The Hall–Kier alpha value is -1.18. The Bertz CT molecular complexity index is 549.